The second-order valence-electron chi connectivity index (χ2n) is 6.49. The first-order valence-electron chi connectivity index (χ1n) is 8.41. The highest BCUT2D eigenvalue weighted by Crippen LogP contribution is 2.24. The van der Waals surface area contributed by atoms with E-state index in [1.165, 1.54) is 12.1 Å². The Labute approximate surface area is 141 Å². The minimum Gasteiger partial charge on any atom is -0.491 e. The zero-order valence-electron chi connectivity index (χ0n) is 14.0. The van der Waals surface area contributed by atoms with Crippen LogP contribution in [0.2, 0.25) is 0 Å². The number of benzene rings is 1. The number of rotatable bonds is 6. The van der Waals surface area contributed by atoms with Crippen LogP contribution in [-0.4, -0.2) is 45.1 Å². The number of β-amino-alcohol motifs (C(OH)–C–C–N with tert-alkyl or cyclic N) is 1. The van der Waals surface area contributed by atoms with Gasteiger partial charge in [0, 0.05) is 31.4 Å². The lowest BCUT2D eigenvalue weighted by atomic mass is 9.93. The van der Waals surface area contributed by atoms with Gasteiger partial charge >= 0.3 is 0 Å². The maximum Gasteiger partial charge on any atom is 0.123 e. The molecule has 5 nitrogen and oxygen atoms in total. The lowest BCUT2D eigenvalue weighted by Crippen LogP contribution is -2.51. The fourth-order valence-electron chi connectivity index (χ4n) is 3.13. The van der Waals surface area contributed by atoms with Crippen LogP contribution < -0.4 is 4.74 Å². The predicted molar refractivity (Wildman–Crippen MR) is 89.3 cm³/mol. The van der Waals surface area contributed by atoms with E-state index in [-0.39, 0.29) is 12.4 Å². The molecule has 1 aromatic carbocycles. The van der Waals surface area contributed by atoms with Gasteiger partial charge in [-0.2, -0.15) is 5.10 Å². The van der Waals surface area contributed by atoms with Crippen molar-refractivity contribution in [2.45, 2.75) is 38.5 Å². The molecule has 130 valence electrons. The normalized spacial score (nSPS) is 21.8. The molecule has 1 fully saturated rings. The molecule has 2 heterocycles. The number of aromatic nitrogens is 2. The van der Waals surface area contributed by atoms with Crippen LogP contribution in [0.4, 0.5) is 4.39 Å². The third-order valence-electron chi connectivity index (χ3n) is 4.37. The first-order chi connectivity index (χ1) is 11.6. The van der Waals surface area contributed by atoms with Gasteiger partial charge in [-0.05, 0) is 50.6 Å². The summed E-state index contributed by atoms with van der Waals surface area (Å²) in [6.45, 7) is 5.42. The van der Waals surface area contributed by atoms with E-state index in [2.05, 4.69) is 16.9 Å². The number of piperidine rings is 1. The molecule has 0 bridgehead atoms. The SMILES string of the molecule is CCn1cc(CN2CCC[C@](O)(COc3ccc(F)cc3)C2)cn1. The fourth-order valence-corrected chi connectivity index (χ4v) is 3.13. The number of halogens is 1. The van der Waals surface area contributed by atoms with E-state index in [1.54, 1.807) is 12.1 Å². The highest BCUT2D eigenvalue weighted by atomic mass is 19.1. The fraction of sp³-hybridized carbons (Fsp3) is 0.500. The highest BCUT2D eigenvalue weighted by molar-refractivity contribution is 5.22. The van der Waals surface area contributed by atoms with Crippen LogP contribution in [0.25, 0.3) is 0 Å². The van der Waals surface area contributed by atoms with Crippen molar-refractivity contribution in [1.82, 2.24) is 14.7 Å². The lowest BCUT2D eigenvalue weighted by Gasteiger charge is -2.38. The molecular formula is C18H24FN3O2. The Bertz CT molecular complexity index is 659. The van der Waals surface area contributed by atoms with Crippen molar-refractivity contribution in [3.63, 3.8) is 0 Å². The average Bonchev–Trinajstić information content (AvgIpc) is 3.02. The number of likely N-dealkylation sites (tertiary alicyclic amines) is 1. The van der Waals surface area contributed by atoms with Crippen LogP contribution in [0.5, 0.6) is 5.75 Å². The van der Waals surface area contributed by atoms with E-state index < -0.39 is 5.60 Å². The summed E-state index contributed by atoms with van der Waals surface area (Å²) < 4.78 is 20.5. The molecule has 1 saturated heterocycles. The van der Waals surface area contributed by atoms with Gasteiger partial charge in [-0.15, -0.1) is 0 Å². The molecule has 0 unspecified atom stereocenters. The molecule has 0 radical (unpaired) electrons. The summed E-state index contributed by atoms with van der Waals surface area (Å²) in [5.74, 6) is 0.281. The summed E-state index contributed by atoms with van der Waals surface area (Å²) in [7, 11) is 0. The third kappa shape index (κ3) is 4.33. The van der Waals surface area contributed by atoms with Gasteiger partial charge in [0.25, 0.3) is 0 Å². The molecule has 0 aliphatic carbocycles. The maximum atomic E-state index is 12.9. The summed E-state index contributed by atoms with van der Waals surface area (Å²) in [6, 6.07) is 5.88. The minimum absolute atomic E-state index is 0.212. The summed E-state index contributed by atoms with van der Waals surface area (Å²) in [4.78, 5) is 2.23. The third-order valence-corrected chi connectivity index (χ3v) is 4.37. The van der Waals surface area contributed by atoms with Crippen molar-refractivity contribution >= 4 is 0 Å². The van der Waals surface area contributed by atoms with E-state index in [0.717, 1.165) is 31.6 Å². The van der Waals surface area contributed by atoms with Gasteiger partial charge in [0.15, 0.2) is 0 Å². The van der Waals surface area contributed by atoms with Gasteiger partial charge in [0.05, 0.1) is 6.20 Å². The van der Waals surface area contributed by atoms with Gasteiger partial charge in [-0.25, -0.2) is 4.39 Å². The Morgan fingerprint density at radius 1 is 1.33 bits per heavy atom. The Kier molecular flexibility index (Phi) is 5.16. The number of hydrogen-bond donors (Lipinski definition) is 1. The molecule has 1 aliphatic heterocycles. The van der Waals surface area contributed by atoms with E-state index in [9.17, 15) is 9.50 Å². The quantitative estimate of drug-likeness (QED) is 0.882. The molecule has 0 spiro atoms. The first kappa shape index (κ1) is 16.9. The molecular weight excluding hydrogens is 309 g/mol. The zero-order chi connectivity index (χ0) is 17.0. The Hall–Kier alpha value is -1.92. The molecule has 2 aromatic rings. The van der Waals surface area contributed by atoms with Crippen LogP contribution in [0, 0.1) is 5.82 Å². The van der Waals surface area contributed by atoms with Crippen molar-refractivity contribution in [2.24, 2.45) is 0 Å². The average molecular weight is 333 g/mol. The van der Waals surface area contributed by atoms with Gasteiger partial charge in [0.2, 0.25) is 0 Å². The summed E-state index contributed by atoms with van der Waals surface area (Å²) in [6.07, 6.45) is 5.55. The molecule has 6 heteroatoms. The Morgan fingerprint density at radius 3 is 2.83 bits per heavy atom. The van der Waals surface area contributed by atoms with Crippen molar-refractivity contribution < 1.29 is 14.2 Å². The monoisotopic (exact) mass is 333 g/mol. The lowest BCUT2D eigenvalue weighted by molar-refractivity contribution is -0.0621. The number of aryl methyl sites for hydroxylation is 1. The molecule has 3 rings (SSSR count). The van der Waals surface area contributed by atoms with Crippen molar-refractivity contribution in [3.8, 4) is 5.75 Å². The molecule has 0 amide bonds. The van der Waals surface area contributed by atoms with Crippen LogP contribution in [0.1, 0.15) is 25.3 Å². The van der Waals surface area contributed by atoms with Crippen LogP contribution >= 0.6 is 0 Å². The minimum atomic E-state index is -0.882. The van der Waals surface area contributed by atoms with Gasteiger partial charge in [-0.1, -0.05) is 0 Å². The molecule has 0 saturated carbocycles. The maximum absolute atomic E-state index is 12.9. The first-order valence-corrected chi connectivity index (χ1v) is 8.41. The van der Waals surface area contributed by atoms with Crippen molar-refractivity contribution in [2.75, 3.05) is 19.7 Å². The van der Waals surface area contributed by atoms with E-state index in [4.69, 9.17) is 4.74 Å². The van der Waals surface area contributed by atoms with Gasteiger partial charge in [0.1, 0.15) is 23.8 Å². The van der Waals surface area contributed by atoms with Crippen LogP contribution in [0.3, 0.4) is 0 Å². The molecule has 1 aromatic heterocycles. The summed E-state index contributed by atoms with van der Waals surface area (Å²) in [5.41, 5.74) is 0.272. The van der Waals surface area contributed by atoms with Gasteiger partial charge < -0.3 is 9.84 Å². The van der Waals surface area contributed by atoms with Crippen LogP contribution in [-0.2, 0) is 13.1 Å². The second-order valence-corrected chi connectivity index (χ2v) is 6.49. The van der Waals surface area contributed by atoms with Crippen molar-refractivity contribution in [3.05, 3.63) is 48.0 Å². The number of nitrogens with zero attached hydrogens (tertiary/aromatic N) is 3. The Balaban J connectivity index is 1.55. The van der Waals surface area contributed by atoms with Gasteiger partial charge in [-0.3, -0.25) is 9.58 Å². The summed E-state index contributed by atoms with van der Waals surface area (Å²) >= 11 is 0. The summed E-state index contributed by atoms with van der Waals surface area (Å²) in [5, 5.41) is 15.1. The molecule has 1 N–H and O–H groups in total. The molecule has 1 atom stereocenters. The largest absolute Gasteiger partial charge is 0.491 e. The number of aliphatic hydroxyl groups is 1. The smallest absolute Gasteiger partial charge is 0.123 e. The molecule has 1 aliphatic rings. The predicted octanol–water partition coefficient (Wildman–Crippen LogP) is 2.45. The number of ether oxygens (including phenoxy) is 1. The van der Waals surface area contributed by atoms with E-state index in [0.29, 0.717) is 18.7 Å². The topological polar surface area (TPSA) is 50.5 Å². The highest BCUT2D eigenvalue weighted by Gasteiger charge is 2.34. The second kappa shape index (κ2) is 7.32. The zero-order valence-corrected chi connectivity index (χ0v) is 14.0. The standard InChI is InChI=1S/C18H24FN3O2/c1-2-22-12-15(10-20-22)11-21-9-3-8-18(23,13-21)14-24-17-6-4-16(19)5-7-17/h4-7,10,12,23H,2-3,8-9,11,13-14H2,1H3/t18-/m1/s1. The number of hydrogen-bond acceptors (Lipinski definition) is 4. The van der Waals surface area contributed by atoms with E-state index >= 15 is 0 Å². The van der Waals surface area contributed by atoms with E-state index in [1.807, 2.05) is 17.1 Å². The molecule has 24 heavy (non-hydrogen) atoms. The Morgan fingerprint density at radius 2 is 2.12 bits per heavy atom. The van der Waals surface area contributed by atoms with Crippen molar-refractivity contribution in [1.29, 1.82) is 0 Å². The van der Waals surface area contributed by atoms with Crippen LogP contribution in [0.15, 0.2) is 36.7 Å².